The summed E-state index contributed by atoms with van der Waals surface area (Å²) in [4.78, 5) is 15.6. The molecule has 0 bridgehead atoms. The van der Waals surface area contributed by atoms with Gasteiger partial charge in [0.25, 0.3) is 5.91 Å². The summed E-state index contributed by atoms with van der Waals surface area (Å²) < 4.78 is 5.74. The zero-order chi connectivity index (χ0) is 21.2. The Bertz CT molecular complexity index is 1120. The van der Waals surface area contributed by atoms with Crippen molar-refractivity contribution < 1.29 is 9.53 Å². The molecule has 1 amide bonds. The second-order valence-corrected chi connectivity index (χ2v) is 9.95. The summed E-state index contributed by atoms with van der Waals surface area (Å²) in [6, 6.07) is 15.4. The van der Waals surface area contributed by atoms with Crippen molar-refractivity contribution in [2.24, 2.45) is 11.0 Å². The van der Waals surface area contributed by atoms with Crippen molar-refractivity contribution >= 4 is 52.0 Å². The second kappa shape index (κ2) is 8.99. The molecule has 0 unspecified atom stereocenters. The molecule has 2 atom stereocenters. The van der Waals surface area contributed by atoms with Gasteiger partial charge in [-0.25, -0.2) is 5.01 Å². The van der Waals surface area contributed by atoms with Crippen molar-refractivity contribution in [2.75, 3.05) is 6.61 Å². The molecule has 1 aliphatic heterocycles. The molecule has 1 aromatic carbocycles. The van der Waals surface area contributed by atoms with E-state index in [4.69, 9.17) is 21.4 Å². The number of thiophene rings is 2. The van der Waals surface area contributed by atoms with Crippen LogP contribution in [0.3, 0.4) is 0 Å². The van der Waals surface area contributed by atoms with E-state index in [2.05, 4.69) is 35.0 Å². The van der Waals surface area contributed by atoms with Gasteiger partial charge in [0.15, 0.2) is 6.61 Å². The van der Waals surface area contributed by atoms with E-state index in [0.29, 0.717) is 10.8 Å². The van der Waals surface area contributed by atoms with Crippen LogP contribution in [0.25, 0.3) is 6.08 Å². The number of hydrogen-bond acceptors (Lipinski definition) is 5. The highest BCUT2D eigenvalue weighted by molar-refractivity contribution is 7.11. The van der Waals surface area contributed by atoms with Crippen molar-refractivity contribution in [2.45, 2.75) is 25.3 Å². The smallest absolute Gasteiger partial charge is 0.281 e. The number of carbonyl (C=O) groups excluding carboxylic acids is 1. The Hall–Kier alpha value is -2.41. The van der Waals surface area contributed by atoms with Crippen molar-refractivity contribution in [3.8, 4) is 5.75 Å². The minimum Gasteiger partial charge on any atom is -0.482 e. The number of hydrazone groups is 1. The molecule has 1 fully saturated rings. The summed E-state index contributed by atoms with van der Waals surface area (Å²) in [7, 11) is 0. The monoisotopic (exact) mass is 468 g/mol. The molecule has 2 aliphatic rings. The van der Waals surface area contributed by atoms with E-state index >= 15 is 0 Å². The fourth-order valence-electron chi connectivity index (χ4n) is 4.26. The number of allylic oxidation sites excluding steroid dienone is 1. The molecule has 158 valence electrons. The van der Waals surface area contributed by atoms with E-state index in [1.54, 1.807) is 39.8 Å². The van der Waals surface area contributed by atoms with Crippen molar-refractivity contribution in [1.29, 1.82) is 0 Å². The molecule has 1 saturated carbocycles. The first-order valence-electron chi connectivity index (χ1n) is 10.3. The third kappa shape index (κ3) is 4.20. The van der Waals surface area contributed by atoms with Crippen molar-refractivity contribution in [3.05, 3.63) is 79.6 Å². The van der Waals surface area contributed by atoms with Crippen molar-refractivity contribution in [1.82, 2.24) is 5.01 Å². The summed E-state index contributed by atoms with van der Waals surface area (Å²) >= 11 is 9.58. The van der Waals surface area contributed by atoms with Crippen LogP contribution in [-0.2, 0) is 4.79 Å². The highest BCUT2D eigenvalue weighted by Gasteiger charge is 2.44. The van der Waals surface area contributed by atoms with E-state index in [1.165, 1.54) is 10.5 Å². The molecule has 0 N–H and O–H groups in total. The first-order chi connectivity index (χ1) is 15.2. The number of hydrogen-bond donors (Lipinski definition) is 0. The normalized spacial score (nSPS) is 21.8. The summed E-state index contributed by atoms with van der Waals surface area (Å²) in [5, 5.41) is 11.2. The topological polar surface area (TPSA) is 41.9 Å². The molecule has 1 aliphatic carbocycles. The number of para-hydroxylation sites is 1. The molecule has 0 spiro atoms. The maximum atomic E-state index is 13.2. The van der Waals surface area contributed by atoms with Gasteiger partial charge in [-0.15, -0.1) is 22.7 Å². The molecule has 3 heterocycles. The Morgan fingerprint density at radius 3 is 2.77 bits per heavy atom. The Labute approximate surface area is 194 Å². The van der Waals surface area contributed by atoms with E-state index in [0.717, 1.165) is 29.9 Å². The minimum atomic E-state index is -0.157. The number of amides is 1. The maximum absolute atomic E-state index is 13.2. The fourth-order valence-corrected chi connectivity index (χ4v) is 6.00. The van der Waals surface area contributed by atoms with Crippen LogP contribution in [0.4, 0.5) is 0 Å². The molecule has 5 rings (SSSR count). The highest BCUT2D eigenvalue weighted by Crippen LogP contribution is 2.45. The number of nitrogens with zero attached hydrogens (tertiary/aromatic N) is 2. The summed E-state index contributed by atoms with van der Waals surface area (Å²) in [6.07, 6.45) is 5.34. The maximum Gasteiger partial charge on any atom is 0.281 e. The fraction of sp³-hybridized carbons (Fsp3) is 0.250. The molecular weight excluding hydrogens is 448 g/mol. The molecule has 2 aromatic heterocycles. The van der Waals surface area contributed by atoms with Crippen LogP contribution in [0.5, 0.6) is 5.75 Å². The quantitative estimate of drug-likeness (QED) is 0.419. The molecule has 3 aromatic rings. The number of benzene rings is 1. The van der Waals surface area contributed by atoms with E-state index < -0.39 is 0 Å². The van der Waals surface area contributed by atoms with Crippen LogP contribution in [0.15, 0.2) is 70.0 Å². The predicted octanol–water partition coefficient (Wildman–Crippen LogP) is 6.67. The highest BCUT2D eigenvalue weighted by atomic mass is 35.5. The Kier molecular flexibility index (Phi) is 5.94. The number of carbonyl (C=O) groups is 1. The largest absolute Gasteiger partial charge is 0.482 e. The van der Waals surface area contributed by atoms with Gasteiger partial charge in [0.2, 0.25) is 0 Å². The molecule has 0 saturated heterocycles. The van der Waals surface area contributed by atoms with Crippen molar-refractivity contribution in [3.63, 3.8) is 0 Å². The van der Waals surface area contributed by atoms with Gasteiger partial charge in [0, 0.05) is 15.7 Å². The lowest BCUT2D eigenvalue weighted by atomic mass is 9.79. The lowest BCUT2D eigenvalue weighted by Crippen LogP contribution is -2.34. The average Bonchev–Trinajstić information content (AvgIpc) is 3.53. The summed E-state index contributed by atoms with van der Waals surface area (Å²) in [5.74, 6) is 0.561. The lowest BCUT2D eigenvalue weighted by molar-refractivity contribution is -0.135. The summed E-state index contributed by atoms with van der Waals surface area (Å²) in [5.41, 5.74) is 2.28. The zero-order valence-corrected chi connectivity index (χ0v) is 19.1. The van der Waals surface area contributed by atoms with Crippen LogP contribution in [0, 0.1) is 5.92 Å². The van der Waals surface area contributed by atoms with Crippen LogP contribution in [-0.4, -0.2) is 23.2 Å². The molecule has 31 heavy (non-hydrogen) atoms. The number of halogens is 1. The van der Waals surface area contributed by atoms with Crippen LogP contribution < -0.4 is 4.74 Å². The Balaban J connectivity index is 1.44. The van der Waals surface area contributed by atoms with Gasteiger partial charge in [0.1, 0.15) is 5.75 Å². The minimum absolute atomic E-state index is 0.0793. The number of fused-ring (bicyclic) bond motifs is 1. The second-order valence-electron chi connectivity index (χ2n) is 7.59. The first-order valence-corrected chi connectivity index (χ1v) is 12.4. The van der Waals surface area contributed by atoms with Crippen LogP contribution in [0.2, 0.25) is 5.02 Å². The van der Waals surface area contributed by atoms with Crippen LogP contribution in [0.1, 0.15) is 35.1 Å². The van der Waals surface area contributed by atoms with Gasteiger partial charge in [-0.2, -0.15) is 5.10 Å². The Morgan fingerprint density at radius 1 is 1.16 bits per heavy atom. The Morgan fingerprint density at radius 2 is 2.00 bits per heavy atom. The predicted molar refractivity (Wildman–Crippen MR) is 128 cm³/mol. The van der Waals surface area contributed by atoms with Gasteiger partial charge >= 0.3 is 0 Å². The molecular formula is C24H21ClN2O2S2. The SMILES string of the molecule is O=C(COc1ccccc1Cl)N1N=C2/C(=C\c3cccs3)CCC[C@H]2[C@H]1c1cccs1. The van der Waals surface area contributed by atoms with Gasteiger partial charge < -0.3 is 4.74 Å². The summed E-state index contributed by atoms with van der Waals surface area (Å²) in [6.45, 7) is -0.0981. The molecule has 7 heteroatoms. The van der Waals surface area contributed by atoms with E-state index in [1.807, 2.05) is 18.2 Å². The standard InChI is InChI=1S/C24H21ClN2O2S2/c25-19-9-1-2-10-20(19)29-15-22(28)27-24(21-11-5-13-31-21)18-8-3-6-16(23(18)26-27)14-17-7-4-12-30-17/h1-2,4-5,7,9-14,18,24H,3,6,8,15H2/b16-14-/t18-,24+/m1/s1. The molecule has 0 radical (unpaired) electrons. The molecule has 4 nitrogen and oxygen atoms in total. The lowest BCUT2D eigenvalue weighted by Gasteiger charge is -2.28. The number of rotatable bonds is 5. The van der Waals surface area contributed by atoms with Gasteiger partial charge in [-0.1, -0.05) is 35.9 Å². The van der Waals surface area contributed by atoms with Gasteiger partial charge in [-0.3, -0.25) is 4.79 Å². The van der Waals surface area contributed by atoms with Gasteiger partial charge in [-0.05, 0) is 65.9 Å². The third-order valence-electron chi connectivity index (χ3n) is 5.64. The van der Waals surface area contributed by atoms with E-state index in [-0.39, 0.29) is 24.5 Å². The first kappa shape index (κ1) is 20.5. The average molecular weight is 469 g/mol. The van der Waals surface area contributed by atoms with Gasteiger partial charge in [0.05, 0.1) is 16.8 Å². The van der Waals surface area contributed by atoms with Crippen LogP contribution >= 0.6 is 34.3 Å². The number of ether oxygens (including phenoxy) is 1. The third-order valence-corrected chi connectivity index (χ3v) is 7.71. The van der Waals surface area contributed by atoms with E-state index in [9.17, 15) is 4.79 Å². The zero-order valence-electron chi connectivity index (χ0n) is 16.7.